The number of urea groups is 1. The molecule has 2 amide bonds. The van der Waals surface area contributed by atoms with Gasteiger partial charge in [-0.25, -0.2) is 9.59 Å². The zero-order valence-corrected chi connectivity index (χ0v) is 10.3. The molecule has 1 atom stereocenters. The topological polar surface area (TPSA) is 98.7 Å². The number of amides is 2. The van der Waals surface area contributed by atoms with Crippen molar-refractivity contribution in [3.8, 4) is 0 Å². The van der Waals surface area contributed by atoms with E-state index >= 15 is 0 Å². The van der Waals surface area contributed by atoms with E-state index in [1.54, 1.807) is 0 Å². The molecule has 19 heavy (non-hydrogen) atoms. The van der Waals surface area contributed by atoms with Crippen LogP contribution in [0.3, 0.4) is 0 Å². The van der Waals surface area contributed by atoms with Crippen molar-refractivity contribution in [2.45, 2.75) is 25.4 Å². The number of anilines is 1. The first-order valence-electron chi connectivity index (χ1n) is 6.14. The molecule has 0 aromatic heterocycles. The normalized spacial score (nSPS) is 14.6. The molecule has 1 aliphatic rings. The number of aliphatic hydroxyl groups excluding tert-OH is 1. The van der Waals surface area contributed by atoms with Gasteiger partial charge < -0.3 is 20.8 Å². The number of aliphatic carboxylic acids is 1. The molecule has 0 saturated carbocycles. The molecule has 1 aromatic carbocycles. The number of carbonyl (C=O) groups is 2. The summed E-state index contributed by atoms with van der Waals surface area (Å²) in [6.07, 6.45) is 1.64. The first-order chi connectivity index (χ1) is 9.06. The zero-order valence-electron chi connectivity index (χ0n) is 10.3. The number of carboxylic acids is 1. The summed E-state index contributed by atoms with van der Waals surface area (Å²) >= 11 is 0. The fourth-order valence-electron chi connectivity index (χ4n) is 2.10. The summed E-state index contributed by atoms with van der Waals surface area (Å²) in [4.78, 5) is 21.9. The summed E-state index contributed by atoms with van der Waals surface area (Å²) in [5.74, 6) is -1.36. The van der Waals surface area contributed by atoms with Gasteiger partial charge in [-0.05, 0) is 42.5 Å². The highest BCUT2D eigenvalue weighted by Crippen LogP contribution is 2.24. The van der Waals surface area contributed by atoms with Crippen LogP contribution in [-0.4, -0.2) is 34.9 Å². The second-order valence-corrected chi connectivity index (χ2v) is 4.53. The minimum Gasteiger partial charge on any atom is -0.479 e. The van der Waals surface area contributed by atoms with Crippen molar-refractivity contribution in [2.24, 2.45) is 0 Å². The maximum atomic E-state index is 11.5. The predicted octanol–water partition coefficient (Wildman–Crippen LogP) is 0.742. The van der Waals surface area contributed by atoms with Crippen LogP contribution in [0.2, 0.25) is 0 Å². The van der Waals surface area contributed by atoms with Crippen molar-refractivity contribution < 1.29 is 19.8 Å². The van der Waals surface area contributed by atoms with E-state index in [0.29, 0.717) is 5.69 Å². The van der Waals surface area contributed by atoms with Gasteiger partial charge in [0.25, 0.3) is 0 Å². The molecule has 2 rings (SSSR count). The third kappa shape index (κ3) is 3.45. The quantitative estimate of drug-likeness (QED) is 0.644. The van der Waals surface area contributed by atoms with Crippen LogP contribution in [0.5, 0.6) is 0 Å². The number of aryl methyl sites for hydroxylation is 2. The Morgan fingerprint density at radius 1 is 1.26 bits per heavy atom. The van der Waals surface area contributed by atoms with Gasteiger partial charge in [0.1, 0.15) is 0 Å². The summed E-state index contributed by atoms with van der Waals surface area (Å²) in [5.41, 5.74) is 3.22. The number of hydrogen-bond acceptors (Lipinski definition) is 3. The Kier molecular flexibility index (Phi) is 4.01. The van der Waals surface area contributed by atoms with E-state index in [1.807, 2.05) is 18.2 Å². The molecule has 0 bridgehead atoms. The molecule has 0 fully saturated rings. The number of hydrogen-bond donors (Lipinski definition) is 4. The van der Waals surface area contributed by atoms with Gasteiger partial charge in [-0.1, -0.05) is 6.07 Å². The van der Waals surface area contributed by atoms with Crippen LogP contribution < -0.4 is 10.6 Å². The maximum absolute atomic E-state index is 11.5. The summed E-state index contributed by atoms with van der Waals surface area (Å²) in [6.45, 7) is -0.327. The van der Waals surface area contributed by atoms with E-state index in [-0.39, 0.29) is 6.54 Å². The molecule has 6 heteroatoms. The maximum Gasteiger partial charge on any atom is 0.334 e. The molecule has 0 radical (unpaired) electrons. The Hall–Kier alpha value is -2.08. The van der Waals surface area contributed by atoms with Crippen molar-refractivity contribution in [3.05, 3.63) is 29.3 Å². The highest BCUT2D eigenvalue weighted by molar-refractivity contribution is 5.89. The molecule has 1 unspecified atom stereocenters. The summed E-state index contributed by atoms with van der Waals surface area (Å²) in [5, 5.41) is 22.4. The number of benzene rings is 1. The third-order valence-electron chi connectivity index (χ3n) is 3.10. The minimum absolute atomic E-state index is 0.327. The van der Waals surface area contributed by atoms with Crippen LogP contribution in [0.25, 0.3) is 0 Å². The number of carboxylic acid groups (broad SMARTS) is 1. The molecule has 0 aliphatic heterocycles. The summed E-state index contributed by atoms with van der Waals surface area (Å²) < 4.78 is 0. The lowest BCUT2D eigenvalue weighted by molar-refractivity contribution is -0.146. The molecule has 1 aliphatic carbocycles. The van der Waals surface area contributed by atoms with E-state index in [1.165, 1.54) is 11.1 Å². The highest BCUT2D eigenvalue weighted by atomic mass is 16.4. The van der Waals surface area contributed by atoms with E-state index in [0.717, 1.165) is 19.3 Å². The monoisotopic (exact) mass is 264 g/mol. The van der Waals surface area contributed by atoms with E-state index in [9.17, 15) is 9.59 Å². The van der Waals surface area contributed by atoms with Gasteiger partial charge in [0.15, 0.2) is 6.10 Å². The second kappa shape index (κ2) is 5.71. The lowest BCUT2D eigenvalue weighted by Gasteiger charge is -2.10. The molecule has 6 nitrogen and oxygen atoms in total. The van der Waals surface area contributed by atoms with Crippen LogP contribution in [0, 0.1) is 0 Å². The van der Waals surface area contributed by atoms with Crippen LogP contribution in [0.15, 0.2) is 18.2 Å². The van der Waals surface area contributed by atoms with Crippen molar-refractivity contribution in [1.29, 1.82) is 0 Å². The average Bonchev–Trinajstić information content (AvgIpc) is 2.83. The first-order valence-corrected chi connectivity index (χ1v) is 6.14. The van der Waals surface area contributed by atoms with Gasteiger partial charge in [0.2, 0.25) is 0 Å². The summed E-state index contributed by atoms with van der Waals surface area (Å²) in [7, 11) is 0. The second-order valence-electron chi connectivity index (χ2n) is 4.53. The molecule has 0 heterocycles. The Morgan fingerprint density at radius 2 is 2.00 bits per heavy atom. The largest absolute Gasteiger partial charge is 0.479 e. The molecule has 4 N–H and O–H groups in total. The zero-order chi connectivity index (χ0) is 13.8. The SMILES string of the molecule is O=C(NCC(O)C(=O)O)Nc1ccc2c(c1)CCC2. The fraction of sp³-hybridized carbons (Fsp3) is 0.385. The van der Waals surface area contributed by atoms with Crippen LogP contribution in [0.4, 0.5) is 10.5 Å². The summed E-state index contributed by atoms with van der Waals surface area (Å²) in [6, 6.07) is 5.20. The molecule has 1 aromatic rings. The van der Waals surface area contributed by atoms with Gasteiger partial charge in [0, 0.05) is 5.69 Å². The number of carbonyl (C=O) groups excluding carboxylic acids is 1. The van der Waals surface area contributed by atoms with Crippen molar-refractivity contribution in [3.63, 3.8) is 0 Å². The standard InChI is InChI=1S/C13H16N2O4/c16-11(12(17)18)7-14-13(19)15-10-5-4-8-2-1-3-9(8)6-10/h4-6,11,16H,1-3,7H2,(H,17,18)(H2,14,15,19). The van der Waals surface area contributed by atoms with Crippen LogP contribution in [-0.2, 0) is 17.6 Å². The van der Waals surface area contributed by atoms with Crippen molar-refractivity contribution >= 4 is 17.7 Å². The molecule has 102 valence electrons. The number of aliphatic hydroxyl groups is 1. The lowest BCUT2D eigenvalue weighted by Crippen LogP contribution is -2.38. The average molecular weight is 264 g/mol. The van der Waals surface area contributed by atoms with Crippen LogP contribution >= 0.6 is 0 Å². The number of fused-ring (bicyclic) bond motifs is 1. The molecule has 0 saturated heterocycles. The van der Waals surface area contributed by atoms with Gasteiger partial charge in [-0.2, -0.15) is 0 Å². The smallest absolute Gasteiger partial charge is 0.334 e. The van der Waals surface area contributed by atoms with E-state index in [2.05, 4.69) is 10.6 Å². The lowest BCUT2D eigenvalue weighted by atomic mass is 10.1. The first kappa shape index (κ1) is 13.4. The van der Waals surface area contributed by atoms with Gasteiger partial charge >= 0.3 is 12.0 Å². The predicted molar refractivity (Wildman–Crippen MR) is 69.1 cm³/mol. The minimum atomic E-state index is -1.59. The molecular formula is C13H16N2O4. The van der Waals surface area contributed by atoms with Gasteiger partial charge in [-0.3, -0.25) is 0 Å². The van der Waals surface area contributed by atoms with Crippen LogP contribution in [0.1, 0.15) is 17.5 Å². The number of rotatable bonds is 4. The van der Waals surface area contributed by atoms with Gasteiger partial charge in [0.05, 0.1) is 6.54 Å². The fourth-order valence-corrected chi connectivity index (χ4v) is 2.10. The molecule has 0 spiro atoms. The van der Waals surface area contributed by atoms with Gasteiger partial charge in [-0.15, -0.1) is 0 Å². The Morgan fingerprint density at radius 3 is 2.74 bits per heavy atom. The highest BCUT2D eigenvalue weighted by Gasteiger charge is 2.15. The molecular weight excluding hydrogens is 248 g/mol. The van der Waals surface area contributed by atoms with E-state index < -0.39 is 18.1 Å². The Labute approximate surface area is 110 Å². The van der Waals surface area contributed by atoms with Crippen molar-refractivity contribution in [2.75, 3.05) is 11.9 Å². The van der Waals surface area contributed by atoms with Crippen molar-refractivity contribution in [1.82, 2.24) is 5.32 Å². The van der Waals surface area contributed by atoms with E-state index in [4.69, 9.17) is 10.2 Å². The number of nitrogens with one attached hydrogen (secondary N) is 2. The Bertz CT molecular complexity index is 501. The third-order valence-corrected chi connectivity index (χ3v) is 3.10. The Balaban J connectivity index is 1.87.